The van der Waals surface area contributed by atoms with Crippen LogP contribution in [-0.2, 0) is 4.74 Å². The predicted octanol–water partition coefficient (Wildman–Crippen LogP) is 3.63. The van der Waals surface area contributed by atoms with Crippen molar-refractivity contribution in [3.63, 3.8) is 0 Å². The molecule has 1 aromatic rings. The number of rotatable bonds is 7. The maximum absolute atomic E-state index is 5.92. The Morgan fingerprint density at radius 2 is 2.06 bits per heavy atom. The van der Waals surface area contributed by atoms with Gasteiger partial charge in [0.25, 0.3) is 0 Å². The van der Waals surface area contributed by atoms with Crippen molar-refractivity contribution in [2.45, 2.75) is 6.42 Å². The van der Waals surface area contributed by atoms with E-state index in [9.17, 15) is 0 Å². The Morgan fingerprint density at radius 1 is 1.24 bits per heavy atom. The van der Waals surface area contributed by atoms with E-state index in [0.717, 1.165) is 31.7 Å². The van der Waals surface area contributed by atoms with Crippen molar-refractivity contribution in [3.05, 3.63) is 39.9 Å². The van der Waals surface area contributed by atoms with Gasteiger partial charge in [-0.3, -0.25) is 0 Å². The minimum atomic E-state index is 0.588. The van der Waals surface area contributed by atoms with Gasteiger partial charge in [0.05, 0.1) is 16.7 Å². The fourth-order valence-corrected chi connectivity index (χ4v) is 1.63. The van der Waals surface area contributed by atoms with Gasteiger partial charge in [0.15, 0.2) is 0 Å². The highest BCUT2D eigenvalue weighted by atomic mass is 35.5. The van der Waals surface area contributed by atoms with Gasteiger partial charge in [0.2, 0.25) is 0 Å². The Labute approximate surface area is 113 Å². The number of halogens is 2. The van der Waals surface area contributed by atoms with Crippen molar-refractivity contribution in [1.82, 2.24) is 5.32 Å². The van der Waals surface area contributed by atoms with Gasteiger partial charge in [0.1, 0.15) is 0 Å². The summed E-state index contributed by atoms with van der Waals surface area (Å²) >= 11 is 11.8. The maximum atomic E-state index is 5.92. The first-order valence-electron chi connectivity index (χ1n) is 5.55. The summed E-state index contributed by atoms with van der Waals surface area (Å²) in [6.45, 7) is 2.58. The standard InChI is InChI=1S/C13H17Cl2NO/c1-17-9-8-16-7-3-2-4-11-5-6-12(14)13(15)10-11/h2,4-6,10,16H,3,7-9H2,1H3. The monoisotopic (exact) mass is 273 g/mol. The van der Waals surface area contributed by atoms with Crippen LogP contribution in [0.25, 0.3) is 6.08 Å². The Balaban J connectivity index is 2.26. The fourth-order valence-electron chi connectivity index (χ4n) is 1.32. The third kappa shape index (κ3) is 6.08. The quantitative estimate of drug-likeness (QED) is 0.766. The van der Waals surface area contributed by atoms with Gasteiger partial charge in [-0.15, -0.1) is 0 Å². The second-order valence-corrected chi connectivity index (χ2v) is 4.42. The summed E-state index contributed by atoms with van der Waals surface area (Å²) in [4.78, 5) is 0. The molecule has 0 aliphatic heterocycles. The number of nitrogens with one attached hydrogen (secondary N) is 1. The van der Waals surface area contributed by atoms with Gasteiger partial charge in [-0.1, -0.05) is 41.4 Å². The summed E-state index contributed by atoms with van der Waals surface area (Å²) in [5.41, 5.74) is 1.07. The number of ether oxygens (including phenoxy) is 1. The molecule has 0 radical (unpaired) electrons. The lowest BCUT2D eigenvalue weighted by molar-refractivity contribution is 0.199. The normalized spacial score (nSPS) is 11.2. The largest absolute Gasteiger partial charge is 0.383 e. The van der Waals surface area contributed by atoms with Crippen LogP contribution in [0.4, 0.5) is 0 Å². The van der Waals surface area contributed by atoms with Crippen molar-refractivity contribution in [3.8, 4) is 0 Å². The zero-order chi connectivity index (χ0) is 12.5. The fraction of sp³-hybridized carbons (Fsp3) is 0.385. The average molecular weight is 274 g/mol. The number of methoxy groups -OCH3 is 1. The van der Waals surface area contributed by atoms with Gasteiger partial charge < -0.3 is 10.1 Å². The Kier molecular flexibility index (Phi) is 7.29. The summed E-state index contributed by atoms with van der Waals surface area (Å²) in [7, 11) is 1.70. The van der Waals surface area contributed by atoms with Crippen LogP contribution in [0.5, 0.6) is 0 Å². The van der Waals surface area contributed by atoms with E-state index in [-0.39, 0.29) is 0 Å². The minimum absolute atomic E-state index is 0.588. The molecule has 0 aromatic heterocycles. The topological polar surface area (TPSA) is 21.3 Å². The van der Waals surface area contributed by atoms with Gasteiger partial charge in [0, 0.05) is 13.7 Å². The van der Waals surface area contributed by atoms with Crippen LogP contribution >= 0.6 is 23.2 Å². The van der Waals surface area contributed by atoms with Crippen LogP contribution < -0.4 is 5.32 Å². The predicted molar refractivity (Wildman–Crippen MR) is 74.9 cm³/mol. The molecule has 0 atom stereocenters. The molecule has 1 aromatic carbocycles. The van der Waals surface area contributed by atoms with Gasteiger partial charge in [-0.2, -0.15) is 0 Å². The van der Waals surface area contributed by atoms with E-state index < -0.39 is 0 Å². The van der Waals surface area contributed by atoms with Crippen LogP contribution in [0.3, 0.4) is 0 Å². The van der Waals surface area contributed by atoms with Gasteiger partial charge >= 0.3 is 0 Å². The molecule has 0 fully saturated rings. The highest BCUT2D eigenvalue weighted by Crippen LogP contribution is 2.23. The van der Waals surface area contributed by atoms with Crippen molar-refractivity contribution in [2.24, 2.45) is 0 Å². The maximum Gasteiger partial charge on any atom is 0.0598 e. The molecule has 2 nitrogen and oxygen atoms in total. The molecule has 1 N–H and O–H groups in total. The summed E-state index contributed by atoms with van der Waals surface area (Å²) in [5.74, 6) is 0. The second kappa shape index (κ2) is 8.54. The molecule has 0 saturated carbocycles. The van der Waals surface area contributed by atoms with Crippen LogP contribution in [-0.4, -0.2) is 26.8 Å². The third-order valence-electron chi connectivity index (χ3n) is 2.22. The molecule has 1 rings (SSSR count). The van der Waals surface area contributed by atoms with Gasteiger partial charge in [-0.05, 0) is 30.7 Å². The Hall–Kier alpha value is -0.540. The molecule has 0 aliphatic rings. The zero-order valence-corrected chi connectivity index (χ0v) is 11.4. The van der Waals surface area contributed by atoms with Crippen LogP contribution in [0.15, 0.2) is 24.3 Å². The van der Waals surface area contributed by atoms with Crippen LogP contribution in [0.1, 0.15) is 12.0 Å². The Bertz CT molecular complexity index is 366. The van der Waals surface area contributed by atoms with E-state index >= 15 is 0 Å². The minimum Gasteiger partial charge on any atom is -0.383 e. The van der Waals surface area contributed by atoms with Crippen molar-refractivity contribution >= 4 is 29.3 Å². The highest BCUT2D eigenvalue weighted by molar-refractivity contribution is 6.42. The molecule has 0 heterocycles. The van der Waals surface area contributed by atoms with E-state index in [2.05, 4.69) is 11.4 Å². The first kappa shape index (κ1) is 14.5. The van der Waals surface area contributed by atoms with Crippen LogP contribution in [0, 0.1) is 0 Å². The molecule has 0 unspecified atom stereocenters. The van der Waals surface area contributed by atoms with Crippen molar-refractivity contribution in [1.29, 1.82) is 0 Å². The third-order valence-corrected chi connectivity index (χ3v) is 2.96. The van der Waals surface area contributed by atoms with Crippen LogP contribution in [0.2, 0.25) is 10.0 Å². The molecule has 0 spiro atoms. The first-order chi connectivity index (χ1) is 8.24. The summed E-state index contributed by atoms with van der Waals surface area (Å²) < 4.78 is 4.93. The summed E-state index contributed by atoms with van der Waals surface area (Å²) in [6, 6.07) is 5.61. The van der Waals surface area contributed by atoms with Crippen molar-refractivity contribution < 1.29 is 4.74 Å². The van der Waals surface area contributed by atoms with E-state index in [1.807, 2.05) is 18.2 Å². The molecule has 4 heteroatoms. The molecule has 17 heavy (non-hydrogen) atoms. The molecular weight excluding hydrogens is 257 g/mol. The van der Waals surface area contributed by atoms with E-state index in [4.69, 9.17) is 27.9 Å². The highest BCUT2D eigenvalue weighted by Gasteiger charge is 1.96. The smallest absolute Gasteiger partial charge is 0.0598 e. The molecular formula is C13H17Cl2NO. The lowest BCUT2D eigenvalue weighted by Gasteiger charge is -2.01. The number of hydrogen-bond donors (Lipinski definition) is 1. The first-order valence-corrected chi connectivity index (χ1v) is 6.31. The van der Waals surface area contributed by atoms with E-state index in [1.54, 1.807) is 13.2 Å². The lowest BCUT2D eigenvalue weighted by Crippen LogP contribution is -2.19. The molecule has 0 amide bonds. The van der Waals surface area contributed by atoms with Crippen molar-refractivity contribution in [2.75, 3.05) is 26.8 Å². The zero-order valence-electron chi connectivity index (χ0n) is 9.88. The van der Waals surface area contributed by atoms with Gasteiger partial charge in [-0.25, -0.2) is 0 Å². The second-order valence-electron chi connectivity index (χ2n) is 3.61. The molecule has 0 saturated heterocycles. The SMILES string of the molecule is COCCNCCC=Cc1ccc(Cl)c(Cl)c1. The Morgan fingerprint density at radius 3 is 2.76 bits per heavy atom. The average Bonchev–Trinajstić information content (AvgIpc) is 2.32. The number of benzene rings is 1. The summed E-state index contributed by atoms with van der Waals surface area (Å²) in [5, 5.41) is 4.45. The molecule has 0 bridgehead atoms. The number of hydrogen-bond acceptors (Lipinski definition) is 2. The lowest BCUT2D eigenvalue weighted by atomic mass is 10.2. The van der Waals surface area contributed by atoms with E-state index in [1.165, 1.54) is 0 Å². The molecule has 0 aliphatic carbocycles. The summed E-state index contributed by atoms with van der Waals surface area (Å²) in [6.07, 6.45) is 5.13. The molecule has 94 valence electrons. The van der Waals surface area contributed by atoms with E-state index in [0.29, 0.717) is 10.0 Å².